The number of carbonyl (C=O) groups is 1. The van der Waals surface area contributed by atoms with Crippen molar-refractivity contribution in [1.82, 2.24) is 9.55 Å². The van der Waals surface area contributed by atoms with E-state index < -0.39 is 41.8 Å². The number of aliphatic hydroxyl groups excluding tert-OH is 1. The lowest BCUT2D eigenvalue weighted by molar-refractivity contribution is -0.158. The molecular formula is C34H37N3O8. The van der Waals surface area contributed by atoms with Crippen molar-refractivity contribution in [2.24, 2.45) is 0 Å². The Bertz CT molecular complexity index is 1580. The van der Waals surface area contributed by atoms with Crippen molar-refractivity contribution in [2.75, 3.05) is 26.6 Å². The molecule has 3 aromatic carbocycles. The Balaban J connectivity index is 1.57. The van der Waals surface area contributed by atoms with Gasteiger partial charge in [-0.15, -0.1) is 0 Å². The minimum Gasteiger partial charge on any atom is -0.497 e. The van der Waals surface area contributed by atoms with Crippen LogP contribution < -0.4 is 20.9 Å². The Hall–Kier alpha value is -4.71. The number of aromatic nitrogens is 2. The average Bonchev–Trinajstić information content (AvgIpc) is 3.36. The molecule has 0 radical (unpaired) electrons. The van der Waals surface area contributed by atoms with E-state index in [-0.39, 0.29) is 18.8 Å². The number of carbonyl (C=O) groups excluding carboxylic acids is 1. The van der Waals surface area contributed by atoms with Gasteiger partial charge in [-0.2, -0.15) is 4.98 Å². The van der Waals surface area contributed by atoms with Crippen LogP contribution in [0.2, 0.25) is 0 Å². The van der Waals surface area contributed by atoms with Gasteiger partial charge in [0.15, 0.2) is 12.3 Å². The zero-order chi connectivity index (χ0) is 32.0. The van der Waals surface area contributed by atoms with Gasteiger partial charge in [0.05, 0.1) is 20.8 Å². The van der Waals surface area contributed by atoms with Crippen molar-refractivity contribution in [3.63, 3.8) is 0 Å². The summed E-state index contributed by atoms with van der Waals surface area (Å²) in [7, 11) is 3.20. The standard InChI is InChI=1S/C34H37N3O8/c1-4-8-29(38)45-31-30(39)27(44-32(31)37-20-19-28(35)36-33(37)40)21-43-34(22-9-6-5-7-10-22,23-11-15-25(41-2)16-12-23)24-13-17-26(42-3)18-14-24/h5-7,9-20,27,30-32,39H,4,8,21H2,1-3H3,(H2,35,36,40)/t27-,30-,31-,32-/m1/s1. The molecule has 0 bridgehead atoms. The molecule has 2 heterocycles. The number of anilines is 1. The van der Waals surface area contributed by atoms with Crippen molar-refractivity contribution in [3.05, 3.63) is 118 Å². The van der Waals surface area contributed by atoms with Crippen molar-refractivity contribution in [3.8, 4) is 11.5 Å². The number of hydrogen-bond donors (Lipinski definition) is 2. The van der Waals surface area contributed by atoms with Crippen LogP contribution in [-0.4, -0.2) is 59.8 Å². The number of ether oxygens (including phenoxy) is 5. The van der Waals surface area contributed by atoms with Gasteiger partial charge >= 0.3 is 11.7 Å². The maximum absolute atomic E-state index is 12.8. The average molecular weight is 616 g/mol. The predicted molar refractivity (Wildman–Crippen MR) is 166 cm³/mol. The lowest BCUT2D eigenvalue weighted by atomic mass is 9.80. The molecule has 0 aliphatic carbocycles. The molecule has 11 nitrogen and oxygen atoms in total. The molecule has 1 saturated heterocycles. The molecule has 1 fully saturated rings. The second-order valence-electron chi connectivity index (χ2n) is 10.6. The van der Waals surface area contributed by atoms with Gasteiger partial charge < -0.3 is 34.5 Å². The number of aliphatic hydroxyl groups is 1. The van der Waals surface area contributed by atoms with E-state index in [1.54, 1.807) is 14.2 Å². The Labute approximate surface area is 261 Å². The molecule has 0 unspecified atom stereocenters. The van der Waals surface area contributed by atoms with Gasteiger partial charge in [0, 0.05) is 12.6 Å². The highest BCUT2D eigenvalue weighted by molar-refractivity contribution is 5.69. The van der Waals surface area contributed by atoms with E-state index in [0.717, 1.165) is 21.3 Å². The molecule has 0 amide bonds. The molecule has 0 spiro atoms. The molecule has 3 N–H and O–H groups in total. The second-order valence-corrected chi connectivity index (χ2v) is 10.6. The van der Waals surface area contributed by atoms with Crippen LogP contribution >= 0.6 is 0 Å². The Morgan fingerprint density at radius 2 is 1.51 bits per heavy atom. The first-order valence-electron chi connectivity index (χ1n) is 14.7. The lowest BCUT2D eigenvalue weighted by Crippen LogP contribution is -2.41. The highest BCUT2D eigenvalue weighted by Gasteiger charge is 2.49. The van der Waals surface area contributed by atoms with Crippen LogP contribution in [0.15, 0.2) is 95.9 Å². The van der Waals surface area contributed by atoms with E-state index in [1.165, 1.54) is 12.3 Å². The van der Waals surface area contributed by atoms with Crippen LogP contribution in [0.1, 0.15) is 42.7 Å². The minimum atomic E-state index is -1.33. The monoisotopic (exact) mass is 615 g/mol. The Morgan fingerprint density at radius 3 is 2.04 bits per heavy atom. The van der Waals surface area contributed by atoms with E-state index in [0.29, 0.717) is 17.9 Å². The van der Waals surface area contributed by atoms with Crippen LogP contribution in [0.4, 0.5) is 5.82 Å². The molecule has 45 heavy (non-hydrogen) atoms. The highest BCUT2D eigenvalue weighted by atomic mass is 16.6. The summed E-state index contributed by atoms with van der Waals surface area (Å²) in [6.45, 7) is 1.69. The van der Waals surface area contributed by atoms with E-state index in [2.05, 4.69) is 4.98 Å². The fourth-order valence-electron chi connectivity index (χ4n) is 5.52. The molecule has 0 saturated carbocycles. The van der Waals surface area contributed by atoms with Crippen LogP contribution in [0, 0.1) is 0 Å². The van der Waals surface area contributed by atoms with Crippen molar-refractivity contribution in [2.45, 2.75) is 49.9 Å². The number of rotatable bonds is 12. The Morgan fingerprint density at radius 1 is 0.933 bits per heavy atom. The van der Waals surface area contributed by atoms with Gasteiger partial charge in [-0.05, 0) is 53.4 Å². The molecule has 4 aromatic rings. The lowest BCUT2D eigenvalue weighted by Gasteiger charge is -2.37. The topological polar surface area (TPSA) is 144 Å². The highest BCUT2D eigenvalue weighted by Crippen LogP contribution is 2.43. The third-order valence-corrected chi connectivity index (χ3v) is 7.80. The SMILES string of the molecule is CCCC(=O)O[C@@H]1[C@H](O)[C@@H](COC(c2ccccc2)(c2ccc(OC)cc2)c2ccc(OC)cc2)O[C@H]1n1ccc(N)nc1=O. The number of benzene rings is 3. The number of methoxy groups -OCH3 is 2. The Kier molecular flexibility index (Phi) is 9.82. The zero-order valence-electron chi connectivity index (χ0n) is 25.4. The summed E-state index contributed by atoms with van der Waals surface area (Å²) in [6.07, 6.45) is -2.62. The van der Waals surface area contributed by atoms with E-state index >= 15 is 0 Å². The number of nitrogens with two attached hydrogens (primary N) is 1. The summed E-state index contributed by atoms with van der Waals surface area (Å²) in [4.78, 5) is 29.2. The second kappa shape index (κ2) is 13.9. The summed E-state index contributed by atoms with van der Waals surface area (Å²) in [5.74, 6) is 0.850. The summed E-state index contributed by atoms with van der Waals surface area (Å²) < 4.78 is 30.8. The van der Waals surface area contributed by atoms with E-state index in [1.807, 2.05) is 85.8 Å². The van der Waals surface area contributed by atoms with E-state index in [9.17, 15) is 14.7 Å². The van der Waals surface area contributed by atoms with Crippen LogP contribution in [-0.2, 0) is 24.6 Å². The first kappa shape index (κ1) is 31.7. The molecule has 4 atom stereocenters. The third kappa shape index (κ3) is 6.56. The fraction of sp³-hybridized carbons (Fsp3) is 0.324. The van der Waals surface area contributed by atoms with Gasteiger partial charge in [0.2, 0.25) is 0 Å². The van der Waals surface area contributed by atoms with Crippen LogP contribution in [0.5, 0.6) is 11.5 Å². The largest absolute Gasteiger partial charge is 0.497 e. The summed E-state index contributed by atoms with van der Waals surface area (Å²) in [5, 5.41) is 11.5. The molecule has 1 aliphatic rings. The number of hydrogen-bond acceptors (Lipinski definition) is 10. The van der Waals surface area contributed by atoms with Crippen molar-refractivity contribution in [1.29, 1.82) is 0 Å². The molecule has 11 heteroatoms. The van der Waals surface area contributed by atoms with Crippen molar-refractivity contribution >= 4 is 11.8 Å². The summed E-state index contributed by atoms with van der Waals surface area (Å²) in [6, 6.07) is 26.2. The quantitative estimate of drug-likeness (QED) is 0.178. The number of esters is 1. The smallest absolute Gasteiger partial charge is 0.351 e. The van der Waals surface area contributed by atoms with Gasteiger partial charge in [0.25, 0.3) is 0 Å². The van der Waals surface area contributed by atoms with Gasteiger partial charge in [-0.3, -0.25) is 9.36 Å². The number of nitrogen functional groups attached to an aromatic ring is 1. The van der Waals surface area contributed by atoms with Crippen LogP contribution in [0.3, 0.4) is 0 Å². The van der Waals surface area contributed by atoms with Gasteiger partial charge in [-0.25, -0.2) is 4.79 Å². The predicted octanol–water partition coefficient (Wildman–Crippen LogP) is 3.82. The molecule has 236 valence electrons. The first-order chi connectivity index (χ1) is 21.8. The maximum Gasteiger partial charge on any atom is 0.351 e. The molecular weight excluding hydrogens is 578 g/mol. The maximum atomic E-state index is 12.8. The van der Waals surface area contributed by atoms with Gasteiger partial charge in [-0.1, -0.05) is 61.5 Å². The molecule has 1 aromatic heterocycles. The van der Waals surface area contributed by atoms with Gasteiger partial charge in [0.1, 0.15) is 35.1 Å². The molecule has 5 rings (SSSR count). The fourth-order valence-corrected chi connectivity index (χ4v) is 5.52. The van der Waals surface area contributed by atoms with Crippen molar-refractivity contribution < 1.29 is 33.6 Å². The zero-order valence-corrected chi connectivity index (χ0v) is 25.4. The number of nitrogens with zero attached hydrogens (tertiary/aromatic N) is 2. The normalized spacial score (nSPS) is 19.6. The third-order valence-electron chi connectivity index (χ3n) is 7.80. The minimum absolute atomic E-state index is 0.0286. The first-order valence-corrected chi connectivity index (χ1v) is 14.7. The van der Waals surface area contributed by atoms with E-state index in [4.69, 9.17) is 29.4 Å². The summed E-state index contributed by atoms with van der Waals surface area (Å²) >= 11 is 0. The summed E-state index contributed by atoms with van der Waals surface area (Å²) in [5.41, 5.74) is 6.19. The van der Waals surface area contributed by atoms with Crippen LogP contribution in [0.25, 0.3) is 0 Å². The molecule has 1 aliphatic heterocycles.